The highest BCUT2D eigenvalue weighted by atomic mass is 35.5. The Kier molecular flexibility index (Phi) is 4.92. The minimum absolute atomic E-state index is 0.185. The van der Waals surface area contributed by atoms with E-state index in [1.807, 2.05) is 22.0 Å². The molecule has 0 bridgehead atoms. The topological polar surface area (TPSA) is 33.2 Å². The molecule has 18 heavy (non-hydrogen) atoms. The molecule has 0 aliphatic carbocycles. The van der Waals surface area contributed by atoms with E-state index < -0.39 is 0 Å². The Labute approximate surface area is 121 Å². The van der Waals surface area contributed by atoms with Gasteiger partial charge < -0.3 is 4.90 Å². The zero-order chi connectivity index (χ0) is 13.1. The van der Waals surface area contributed by atoms with Crippen molar-refractivity contribution in [1.29, 1.82) is 0 Å². The van der Waals surface area contributed by atoms with E-state index in [1.54, 1.807) is 0 Å². The third-order valence-electron chi connectivity index (χ3n) is 2.81. The first-order valence-electron chi connectivity index (χ1n) is 6.01. The van der Waals surface area contributed by atoms with Crippen LogP contribution in [-0.4, -0.2) is 39.4 Å². The van der Waals surface area contributed by atoms with Gasteiger partial charge in [0.05, 0.1) is 18.0 Å². The number of aromatic nitrogens is 1. The van der Waals surface area contributed by atoms with E-state index in [-0.39, 0.29) is 5.91 Å². The fraction of sp³-hybridized carbons (Fsp3) is 0.667. The molecule has 1 aromatic heterocycles. The zero-order valence-electron chi connectivity index (χ0n) is 10.6. The van der Waals surface area contributed by atoms with Crippen LogP contribution in [0.2, 0.25) is 0 Å². The second-order valence-electron chi connectivity index (χ2n) is 4.60. The molecule has 2 atom stereocenters. The molecule has 0 radical (unpaired) electrons. The van der Waals surface area contributed by atoms with Crippen molar-refractivity contribution in [2.75, 3.05) is 13.1 Å². The van der Waals surface area contributed by atoms with Gasteiger partial charge in [0.2, 0.25) is 5.91 Å². The number of hydrogen-bond donors (Lipinski definition) is 0. The van der Waals surface area contributed by atoms with Crippen LogP contribution in [0.4, 0.5) is 0 Å². The van der Waals surface area contributed by atoms with Gasteiger partial charge in [0.1, 0.15) is 5.01 Å². The van der Waals surface area contributed by atoms with Crippen molar-refractivity contribution < 1.29 is 4.79 Å². The lowest BCUT2D eigenvalue weighted by atomic mass is 10.3. The van der Waals surface area contributed by atoms with Gasteiger partial charge in [-0.3, -0.25) is 4.79 Å². The average Bonchev–Trinajstić information content (AvgIpc) is 2.75. The normalized spacial score (nSPS) is 24.3. The summed E-state index contributed by atoms with van der Waals surface area (Å²) in [5, 5.41) is 3.83. The Bertz CT molecular complexity index is 414. The lowest BCUT2D eigenvalue weighted by Crippen LogP contribution is -2.44. The number of amides is 1. The molecule has 0 N–H and O–H groups in total. The first-order valence-corrected chi connectivity index (χ1v) is 8.36. The lowest BCUT2D eigenvalue weighted by Gasteiger charge is -2.34. The second-order valence-corrected chi connectivity index (χ2v) is 7.69. The van der Waals surface area contributed by atoms with Gasteiger partial charge in [-0.25, -0.2) is 4.98 Å². The van der Waals surface area contributed by atoms with Crippen molar-refractivity contribution in [3.05, 3.63) is 16.1 Å². The van der Waals surface area contributed by atoms with Gasteiger partial charge in [-0.05, 0) is 0 Å². The Morgan fingerprint density at radius 1 is 1.50 bits per heavy atom. The number of rotatable bonds is 3. The van der Waals surface area contributed by atoms with Crippen molar-refractivity contribution >= 4 is 40.6 Å². The summed E-state index contributed by atoms with van der Waals surface area (Å²) >= 11 is 9.18. The maximum Gasteiger partial charge on any atom is 0.229 e. The summed E-state index contributed by atoms with van der Waals surface area (Å²) in [6, 6.07) is 0. The molecule has 1 aliphatic heterocycles. The van der Waals surface area contributed by atoms with Gasteiger partial charge in [0.25, 0.3) is 0 Å². The maximum atomic E-state index is 12.2. The fourth-order valence-corrected chi connectivity index (χ4v) is 4.45. The monoisotopic (exact) mass is 304 g/mol. The largest absolute Gasteiger partial charge is 0.340 e. The number of alkyl halides is 1. The smallest absolute Gasteiger partial charge is 0.229 e. The average molecular weight is 305 g/mol. The van der Waals surface area contributed by atoms with Crippen LogP contribution in [0.1, 0.15) is 24.5 Å². The van der Waals surface area contributed by atoms with Crippen LogP contribution in [0.25, 0.3) is 0 Å². The Morgan fingerprint density at radius 3 is 2.72 bits per heavy atom. The number of carbonyl (C=O) groups is 1. The summed E-state index contributed by atoms with van der Waals surface area (Å²) in [5.74, 6) is 0.600. The molecule has 1 saturated heterocycles. The summed E-state index contributed by atoms with van der Waals surface area (Å²) in [7, 11) is 0. The van der Waals surface area contributed by atoms with Crippen molar-refractivity contribution in [1.82, 2.24) is 9.88 Å². The van der Waals surface area contributed by atoms with E-state index in [4.69, 9.17) is 11.6 Å². The highest BCUT2D eigenvalue weighted by Crippen LogP contribution is 2.25. The van der Waals surface area contributed by atoms with Crippen molar-refractivity contribution in [2.45, 2.75) is 36.6 Å². The van der Waals surface area contributed by atoms with Crippen LogP contribution in [0.5, 0.6) is 0 Å². The summed E-state index contributed by atoms with van der Waals surface area (Å²) in [6.45, 7) is 6.05. The van der Waals surface area contributed by atoms with Crippen LogP contribution < -0.4 is 0 Å². The third-order valence-corrected chi connectivity index (χ3v) is 5.21. The molecule has 1 fully saturated rings. The quantitative estimate of drug-likeness (QED) is 0.805. The predicted octanol–water partition coefficient (Wildman–Crippen LogP) is 2.78. The minimum atomic E-state index is 0.185. The minimum Gasteiger partial charge on any atom is -0.340 e. The van der Waals surface area contributed by atoms with Gasteiger partial charge in [0.15, 0.2) is 0 Å². The van der Waals surface area contributed by atoms with Gasteiger partial charge in [-0.15, -0.1) is 22.9 Å². The SMILES string of the molecule is CC1CN(C(=O)Cc2nc(CCl)cs2)CC(C)S1. The molecule has 0 aromatic carbocycles. The van der Waals surface area contributed by atoms with Crippen LogP contribution in [0, 0.1) is 0 Å². The number of thiazole rings is 1. The van der Waals surface area contributed by atoms with E-state index in [2.05, 4.69) is 18.8 Å². The first kappa shape index (κ1) is 14.2. The van der Waals surface area contributed by atoms with Crippen LogP contribution in [-0.2, 0) is 17.1 Å². The van der Waals surface area contributed by atoms with Gasteiger partial charge in [-0.1, -0.05) is 13.8 Å². The molecular formula is C12H17ClN2OS2. The van der Waals surface area contributed by atoms with Gasteiger partial charge in [-0.2, -0.15) is 11.8 Å². The molecule has 3 nitrogen and oxygen atoms in total. The van der Waals surface area contributed by atoms with Gasteiger partial charge in [0, 0.05) is 29.0 Å². The van der Waals surface area contributed by atoms with Crippen LogP contribution in [0.3, 0.4) is 0 Å². The van der Waals surface area contributed by atoms with E-state index in [9.17, 15) is 4.79 Å². The fourth-order valence-electron chi connectivity index (χ4n) is 2.11. The molecule has 0 saturated carbocycles. The molecule has 1 aliphatic rings. The van der Waals surface area contributed by atoms with Gasteiger partial charge >= 0.3 is 0 Å². The summed E-state index contributed by atoms with van der Waals surface area (Å²) in [5.41, 5.74) is 0.861. The molecule has 1 aromatic rings. The Morgan fingerprint density at radius 2 is 2.17 bits per heavy atom. The molecule has 6 heteroatoms. The second kappa shape index (κ2) is 6.26. The maximum absolute atomic E-state index is 12.2. The zero-order valence-corrected chi connectivity index (χ0v) is 12.9. The number of hydrogen-bond acceptors (Lipinski definition) is 4. The Hall–Kier alpha value is -0.260. The number of nitrogens with zero attached hydrogens (tertiary/aromatic N) is 2. The molecule has 1 amide bonds. The molecule has 2 unspecified atom stereocenters. The number of thioether (sulfide) groups is 1. The van der Waals surface area contributed by atoms with Crippen molar-refractivity contribution in [2.24, 2.45) is 0 Å². The molecule has 0 spiro atoms. The third kappa shape index (κ3) is 3.62. The van der Waals surface area contributed by atoms with Crippen LogP contribution in [0.15, 0.2) is 5.38 Å². The standard InChI is InChI=1S/C12H17ClN2OS2/c1-8-5-15(6-9(2)18-8)12(16)3-11-14-10(4-13)7-17-11/h7-9H,3-6H2,1-2H3. The highest BCUT2D eigenvalue weighted by molar-refractivity contribution is 8.00. The lowest BCUT2D eigenvalue weighted by molar-refractivity contribution is -0.130. The summed E-state index contributed by atoms with van der Waals surface area (Å²) < 4.78 is 0. The summed E-state index contributed by atoms with van der Waals surface area (Å²) in [6.07, 6.45) is 0.408. The number of halogens is 1. The highest BCUT2D eigenvalue weighted by Gasteiger charge is 2.26. The van der Waals surface area contributed by atoms with Crippen molar-refractivity contribution in [3.8, 4) is 0 Å². The number of carbonyl (C=O) groups excluding carboxylic acids is 1. The molecule has 100 valence electrons. The van der Waals surface area contributed by atoms with E-state index in [1.165, 1.54) is 11.3 Å². The first-order chi connectivity index (χ1) is 8.58. The molecular weight excluding hydrogens is 288 g/mol. The summed E-state index contributed by atoms with van der Waals surface area (Å²) in [4.78, 5) is 18.5. The predicted molar refractivity (Wildman–Crippen MR) is 78.5 cm³/mol. The van der Waals surface area contributed by atoms with E-state index in [0.29, 0.717) is 22.8 Å². The Balaban J connectivity index is 1.94. The van der Waals surface area contributed by atoms with Crippen molar-refractivity contribution in [3.63, 3.8) is 0 Å². The molecule has 2 rings (SSSR count). The van der Waals surface area contributed by atoms with E-state index in [0.717, 1.165) is 23.8 Å². The van der Waals surface area contributed by atoms with Crippen LogP contribution >= 0.6 is 34.7 Å². The van der Waals surface area contributed by atoms with E-state index >= 15 is 0 Å². The molecule has 2 heterocycles.